The van der Waals surface area contributed by atoms with Gasteiger partial charge in [0.1, 0.15) is 16.8 Å². The fourth-order valence-electron chi connectivity index (χ4n) is 2.46. The molecule has 0 saturated carbocycles. The van der Waals surface area contributed by atoms with E-state index in [1.807, 2.05) is 0 Å². The lowest BCUT2D eigenvalue weighted by Gasteiger charge is -2.09. The molecular formula is C18H14N2O6. The minimum Gasteiger partial charge on any atom is -0.505 e. The van der Waals surface area contributed by atoms with Crippen LogP contribution in [0.2, 0.25) is 0 Å². The molecule has 0 aliphatic rings. The van der Waals surface area contributed by atoms with Crippen molar-refractivity contribution in [3.63, 3.8) is 0 Å². The van der Waals surface area contributed by atoms with Gasteiger partial charge in [-0.05, 0) is 18.2 Å². The summed E-state index contributed by atoms with van der Waals surface area (Å²) < 4.78 is 0. The summed E-state index contributed by atoms with van der Waals surface area (Å²) in [6.45, 7) is -0.0556. The van der Waals surface area contributed by atoms with Crippen molar-refractivity contribution < 1.29 is 30.0 Å². The molecule has 0 bridgehead atoms. The monoisotopic (exact) mass is 354 g/mol. The van der Waals surface area contributed by atoms with Gasteiger partial charge in [0, 0.05) is 17.5 Å². The second-order valence-electron chi connectivity index (χ2n) is 5.50. The number of hydrogen-bond donors (Lipinski definition) is 5. The molecule has 3 rings (SSSR count). The zero-order valence-electron chi connectivity index (χ0n) is 13.3. The SMILES string of the molecule is O=C(NCc1cccc(O)c1O)c1ccc2ccc(C(=O)O)c(O)c2n1. The third-order valence-electron chi connectivity index (χ3n) is 3.84. The zero-order chi connectivity index (χ0) is 18.8. The van der Waals surface area contributed by atoms with Crippen molar-refractivity contribution in [1.82, 2.24) is 10.3 Å². The lowest BCUT2D eigenvalue weighted by atomic mass is 10.1. The second kappa shape index (κ2) is 6.60. The van der Waals surface area contributed by atoms with E-state index in [2.05, 4.69) is 10.3 Å². The van der Waals surface area contributed by atoms with E-state index in [0.717, 1.165) is 0 Å². The van der Waals surface area contributed by atoms with Gasteiger partial charge in [0.05, 0.1) is 0 Å². The highest BCUT2D eigenvalue weighted by atomic mass is 16.4. The molecule has 0 unspecified atom stereocenters. The number of nitrogens with zero attached hydrogens (tertiary/aromatic N) is 1. The number of para-hydroxylation sites is 1. The molecule has 8 heteroatoms. The van der Waals surface area contributed by atoms with E-state index >= 15 is 0 Å². The predicted molar refractivity (Wildman–Crippen MR) is 91.3 cm³/mol. The number of pyridine rings is 1. The number of aromatic nitrogens is 1. The van der Waals surface area contributed by atoms with Crippen molar-refractivity contribution >= 4 is 22.8 Å². The van der Waals surface area contributed by atoms with Gasteiger partial charge in [0.15, 0.2) is 17.2 Å². The first-order valence-electron chi connectivity index (χ1n) is 7.52. The van der Waals surface area contributed by atoms with Gasteiger partial charge in [-0.3, -0.25) is 4.79 Å². The number of fused-ring (bicyclic) bond motifs is 1. The van der Waals surface area contributed by atoms with Gasteiger partial charge in [-0.15, -0.1) is 0 Å². The van der Waals surface area contributed by atoms with Gasteiger partial charge in [0.2, 0.25) is 0 Å². The van der Waals surface area contributed by atoms with Crippen LogP contribution < -0.4 is 5.32 Å². The molecule has 0 aliphatic heterocycles. The van der Waals surface area contributed by atoms with E-state index < -0.39 is 17.6 Å². The van der Waals surface area contributed by atoms with Crippen LogP contribution in [0.3, 0.4) is 0 Å². The maximum atomic E-state index is 12.3. The highest BCUT2D eigenvalue weighted by molar-refractivity contribution is 6.01. The van der Waals surface area contributed by atoms with E-state index in [9.17, 15) is 24.9 Å². The molecule has 1 heterocycles. The van der Waals surface area contributed by atoms with Gasteiger partial charge in [0.25, 0.3) is 5.91 Å². The third kappa shape index (κ3) is 3.07. The molecule has 8 nitrogen and oxygen atoms in total. The number of aromatic hydroxyl groups is 3. The Bertz CT molecular complexity index is 1030. The van der Waals surface area contributed by atoms with Crippen LogP contribution in [0.1, 0.15) is 26.4 Å². The summed E-state index contributed by atoms with van der Waals surface area (Å²) in [6, 6.07) is 10.1. The van der Waals surface area contributed by atoms with E-state index in [1.165, 1.54) is 42.5 Å². The molecule has 1 amide bonds. The molecule has 2 aromatic carbocycles. The number of carboxylic acid groups (broad SMARTS) is 1. The number of carbonyl (C=O) groups excluding carboxylic acids is 1. The topological polar surface area (TPSA) is 140 Å². The number of rotatable bonds is 4. The molecule has 1 aromatic heterocycles. The summed E-state index contributed by atoms with van der Waals surface area (Å²) in [5.41, 5.74) is -0.0323. The Morgan fingerprint density at radius 1 is 0.962 bits per heavy atom. The number of phenolic OH excluding ortho intramolecular Hbond substituents is 2. The number of aromatic carboxylic acids is 1. The summed E-state index contributed by atoms with van der Waals surface area (Å²) in [5.74, 6) is -3.04. The number of phenols is 3. The smallest absolute Gasteiger partial charge is 0.339 e. The molecule has 0 aliphatic carbocycles. The van der Waals surface area contributed by atoms with Gasteiger partial charge in [-0.2, -0.15) is 0 Å². The lowest BCUT2D eigenvalue weighted by molar-refractivity contribution is 0.0693. The number of benzene rings is 2. The Morgan fingerprint density at radius 2 is 1.69 bits per heavy atom. The number of carboxylic acids is 1. The molecular weight excluding hydrogens is 340 g/mol. The molecule has 3 aromatic rings. The number of nitrogens with one attached hydrogen (secondary N) is 1. The highest BCUT2D eigenvalue weighted by Gasteiger charge is 2.16. The van der Waals surface area contributed by atoms with Gasteiger partial charge < -0.3 is 25.7 Å². The standard InChI is InChI=1S/C18H14N2O6/c21-13-3-1-2-10(15(13)22)8-19-17(24)12-7-5-9-4-6-11(18(25)26)16(23)14(9)20-12/h1-7,21-23H,8H2,(H,19,24)(H,25,26). The van der Waals surface area contributed by atoms with Crippen molar-refractivity contribution in [2.75, 3.05) is 0 Å². The predicted octanol–water partition coefficient (Wildman–Crippen LogP) is 1.98. The minimum absolute atomic E-state index is 0.00208. The Morgan fingerprint density at radius 3 is 2.42 bits per heavy atom. The lowest BCUT2D eigenvalue weighted by Crippen LogP contribution is -2.23. The van der Waals surface area contributed by atoms with Crippen LogP contribution in [0, 0.1) is 0 Å². The van der Waals surface area contributed by atoms with Crippen LogP contribution in [0.4, 0.5) is 0 Å². The van der Waals surface area contributed by atoms with Crippen molar-refractivity contribution in [2.24, 2.45) is 0 Å². The fourth-order valence-corrected chi connectivity index (χ4v) is 2.46. The molecule has 0 fully saturated rings. The Kier molecular flexibility index (Phi) is 4.32. The summed E-state index contributed by atoms with van der Waals surface area (Å²) >= 11 is 0. The second-order valence-corrected chi connectivity index (χ2v) is 5.50. The summed E-state index contributed by atoms with van der Waals surface area (Å²) in [5, 5.41) is 41.3. The number of amides is 1. The van der Waals surface area contributed by atoms with Crippen molar-refractivity contribution in [3.8, 4) is 17.2 Å². The molecule has 132 valence electrons. The molecule has 0 radical (unpaired) electrons. The largest absolute Gasteiger partial charge is 0.505 e. The number of hydrogen-bond acceptors (Lipinski definition) is 6. The van der Waals surface area contributed by atoms with Crippen LogP contribution in [0.15, 0.2) is 42.5 Å². The first kappa shape index (κ1) is 17.0. The van der Waals surface area contributed by atoms with Crippen molar-refractivity contribution in [2.45, 2.75) is 6.54 Å². The maximum Gasteiger partial charge on any atom is 0.339 e. The molecule has 0 saturated heterocycles. The van der Waals surface area contributed by atoms with Gasteiger partial charge in [-0.1, -0.05) is 24.3 Å². The fraction of sp³-hybridized carbons (Fsp3) is 0.0556. The van der Waals surface area contributed by atoms with Crippen LogP contribution in [0.5, 0.6) is 17.2 Å². The third-order valence-corrected chi connectivity index (χ3v) is 3.84. The van der Waals surface area contributed by atoms with Crippen molar-refractivity contribution in [3.05, 3.63) is 59.3 Å². The summed E-state index contributed by atoms with van der Waals surface area (Å²) in [6.07, 6.45) is 0. The average Bonchev–Trinajstić information content (AvgIpc) is 2.62. The molecule has 26 heavy (non-hydrogen) atoms. The molecule has 0 spiro atoms. The molecule has 0 atom stereocenters. The average molecular weight is 354 g/mol. The highest BCUT2D eigenvalue weighted by Crippen LogP contribution is 2.29. The van der Waals surface area contributed by atoms with Crippen LogP contribution >= 0.6 is 0 Å². The van der Waals surface area contributed by atoms with Crippen LogP contribution in [-0.2, 0) is 6.54 Å². The Hall–Kier alpha value is -3.81. The van der Waals surface area contributed by atoms with E-state index in [1.54, 1.807) is 0 Å². The van der Waals surface area contributed by atoms with E-state index in [0.29, 0.717) is 10.9 Å². The summed E-state index contributed by atoms with van der Waals surface area (Å²) in [7, 11) is 0. The van der Waals surface area contributed by atoms with Gasteiger partial charge >= 0.3 is 5.97 Å². The van der Waals surface area contributed by atoms with Crippen molar-refractivity contribution in [1.29, 1.82) is 0 Å². The Labute approximate surface area is 147 Å². The van der Waals surface area contributed by atoms with Crippen LogP contribution in [0.25, 0.3) is 10.9 Å². The molecule has 5 N–H and O–H groups in total. The zero-order valence-corrected chi connectivity index (χ0v) is 13.3. The first-order valence-corrected chi connectivity index (χ1v) is 7.52. The quantitative estimate of drug-likeness (QED) is 0.451. The Balaban J connectivity index is 1.87. The summed E-state index contributed by atoms with van der Waals surface area (Å²) in [4.78, 5) is 27.4. The first-order chi connectivity index (χ1) is 12.4. The number of carbonyl (C=O) groups is 2. The van der Waals surface area contributed by atoms with Gasteiger partial charge in [-0.25, -0.2) is 9.78 Å². The minimum atomic E-state index is -1.31. The normalized spacial score (nSPS) is 10.6. The maximum absolute atomic E-state index is 12.3. The van der Waals surface area contributed by atoms with E-state index in [4.69, 9.17) is 5.11 Å². The van der Waals surface area contributed by atoms with Crippen LogP contribution in [-0.4, -0.2) is 37.3 Å². The van der Waals surface area contributed by atoms with E-state index in [-0.39, 0.29) is 34.8 Å².